The lowest BCUT2D eigenvalue weighted by Crippen LogP contribution is -2.16. The summed E-state index contributed by atoms with van der Waals surface area (Å²) in [6.45, 7) is 8.23. The zero-order valence-corrected chi connectivity index (χ0v) is 13.2. The predicted molar refractivity (Wildman–Crippen MR) is 82.0 cm³/mol. The van der Waals surface area contributed by atoms with Gasteiger partial charge in [0.2, 0.25) is 0 Å². The van der Waals surface area contributed by atoms with E-state index in [1.165, 1.54) is 18.5 Å². The summed E-state index contributed by atoms with van der Waals surface area (Å²) in [5.74, 6) is 0. The number of nitrogens with zero attached hydrogens (tertiary/aromatic N) is 3. The molecule has 2 heterocycles. The number of aromatic nitrogens is 3. The van der Waals surface area contributed by atoms with Crippen molar-refractivity contribution in [2.75, 3.05) is 0 Å². The number of hydrogen-bond acceptors (Lipinski definition) is 4. The molecule has 108 valence electrons. The molecule has 5 heteroatoms. The molecule has 1 N–H and O–H groups in total. The van der Waals surface area contributed by atoms with Crippen LogP contribution in [0.25, 0.3) is 0 Å². The van der Waals surface area contributed by atoms with Crippen LogP contribution in [0.4, 0.5) is 0 Å². The van der Waals surface area contributed by atoms with Gasteiger partial charge in [-0.2, -0.15) is 5.10 Å². The van der Waals surface area contributed by atoms with Crippen LogP contribution in [-0.2, 0) is 18.5 Å². The third kappa shape index (κ3) is 3.46. The van der Waals surface area contributed by atoms with E-state index in [2.05, 4.69) is 42.6 Å². The predicted octanol–water partition coefficient (Wildman–Crippen LogP) is 2.94. The van der Waals surface area contributed by atoms with Crippen molar-refractivity contribution in [3.8, 4) is 0 Å². The summed E-state index contributed by atoms with van der Waals surface area (Å²) in [5.41, 5.74) is 2.41. The van der Waals surface area contributed by atoms with Gasteiger partial charge in [0.25, 0.3) is 0 Å². The van der Waals surface area contributed by atoms with Gasteiger partial charge in [0.05, 0.1) is 17.9 Å². The highest BCUT2D eigenvalue weighted by Gasteiger charge is 2.20. The molecular formula is C15H22N4S. The Morgan fingerprint density at radius 1 is 1.40 bits per heavy atom. The van der Waals surface area contributed by atoms with Crippen molar-refractivity contribution in [2.45, 2.75) is 58.2 Å². The molecular weight excluding hydrogens is 268 g/mol. The molecule has 0 unspecified atom stereocenters. The fourth-order valence-corrected chi connectivity index (χ4v) is 3.00. The molecule has 2 aromatic rings. The van der Waals surface area contributed by atoms with Crippen LogP contribution in [0.15, 0.2) is 17.6 Å². The van der Waals surface area contributed by atoms with E-state index in [0.717, 1.165) is 29.8 Å². The Bertz CT molecular complexity index is 575. The van der Waals surface area contributed by atoms with E-state index in [9.17, 15) is 0 Å². The van der Waals surface area contributed by atoms with Crippen LogP contribution >= 0.6 is 11.3 Å². The average molecular weight is 290 g/mol. The first kappa shape index (κ1) is 13.8. The van der Waals surface area contributed by atoms with E-state index in [0.29, 0.717) is 0 Å². The molecule has 1 saturated carbocycles. The van der Waals surface area contributed by atoms with E-state index in [4.69, 9.17) is 4.98 Å². The minimum atomic E-state index is 0.123. The van der Waals surface area contributed by atoms with Gasteiger partial charge in [-0.1, -0.05) is 20.8 Å². The summed E-state index contributed by atoms with van der Waals surface area (Å²) in [6, 6.07) is 2.82. The summed E-state index contributed by atoms with van der Waals surface area (Å²) in [7, 11) is 0. The van der Waals surface area contributed by atoms with Gasteiger partial charge in [0.15, 0.2) is 0 Å². The summed E-state index contributed by atoms with van der Waals surface area (Å²) in [4.78, 5) is 4.71. The van der Waals surface area contributed by atoms with Gasteiger partial charge in [-0.05, 0) is 18.9 Å². The van der Waals surface area contributed by atoms with Crippen molar-refractivity contribution in [1.82, 2.24) is 20.1 Å². The van der Waals surface area contributed by atoms with Crippen LogP contribution in [0, 0.1) is 0 Å². The molecule has 20 heavy (non-hydrogen) atoms. The Morgan fingerprint density at radius 3 is 2.85 bits per heavy atom. The summed E-state index contributed by atoms with van der Waals surface area (Å²) < 4.78 is 1.98. The maximum atomic E-state index is 4.71. The molecule has 1 aliphatic rings. The Hall–Kier alpha value is -1.20. The lowest BCUT2D eigenvalue weighted by atomic mass is 9.93. The van der Waals surface area contributed by atoms with Crippen LogP contribution in [0.1, 0.15) is 50.0 Å². The van der Waals surface area contributed by atoms with Crippen LogP contribution in [0.5, 0.6) is 0 Å². The SMILES string of the molecule is CC(C)(C)c1csc(Cn2ccc(CNC3CC3)n2)n1. The van der Waals surface area contributed by atoms with Crippen LogP contribution in [-0.4, -0.2) is 20.8 Å². The zero-order chi connectivity index (χ0) is 14.2. The van der Waals surface area contributed by atoms with E-state index >= 15 is 0 Å². The molecule has 1 fully saturated rings. The van der Waals surface area contributed by atoms with Crippen molar-refractivity contribution < 1.29 is 0 Å². The third-order valence-corrected chi connectivity index (χ3v) is 4.30. The Balaban J connectivity index is 1.60. The van der Waals surface area contributed by atoms with Gasteiger partial charge < -0.3 is 5.32 Å². The first-order chi connectivity index (χ1) is 9.50. The minimum absolute atomic E-state index is 0.123. The molecule has 2 aromatic heterocycles. The second-order valence-corrected chi connectivity index (χ2v) is 7.48. The smallest absolute Gasteiger partial charge is 0.114 e. The molecule has 0 radical (unpaired) electrons. The van der Waals surface area contributed by atoms with Crippen molar-refractivity contribution >= 4 is 11.3 Å². The zero-order valence-electron chi connectivity index (χ0n) is 12.4. The lowest BCUT2D eigenvalue weighted by Gasteiger charge is -2.14. The van der Waals surface area contributed by atoms with Gasteiger partial charge in [-0.3, -0.25) is 4.68 Å². The molecule has 0 amide bonds. The molecule has 0 atom stereocenters. The van der Waals surface area contributed by atoms with Gasteiger partial charge in [0.1, 0.15) is 5.01 Å². The van der Waals surface area contributed by atoms with E-state index in [1.54, 1.807) is 11.3 Å². The van der Waals surface area contributed by atoms with E-state index < -0.39 is 0 Å². The van der Waals surface area contributed by atoms with Crippen molar-refractivity contribution in [3.63, 3.8) is 0 Å². The van der Waals surface area contributed by atoms with Crippen molar-refractivity contribution in [1.29, 1.82) is 0 Å². The molecule has 0 spiro atoms. The maximum absolute atomic E-state index is 4.71. The average Bonchev–Trinajstić information content (AvgIpc) is 2.89. The number of nitrogens with one attached hydrogen (secondary N) is 1. The van der Waals surface area contributed by atoms with E-state index in [-0.39, 0.29) is 5.41 Å². The molecule has 1 aliphatic carbocycles. The highest BCUT2D eigenvalue weighted by Crippen LogP contribution is 2.24. The summed E-state index contributed by atoms with van der Waals surface area (Å²) in [5, 5.41) is 11.4. The second kappa shape index (κ2) is 5.30. The van der Waals surface area contributed by atoms with Crippen LogP contribution in [0.2, 0.25) is 0 Å². The van der Waals surface area contributed by atoms with Gasteiger partial charge in [-0.15, -0.1) is 11.3 Å². The van der Waals surface area contributed by atoms with Crippen LogP contribution < -0.4 is 5.32 Å². The largest absolute Gasteiger partial charge is 0.308 e. The van der Waals surface area contributed by atoms with Gasteiger partial charge >= 0.3 is 0 Å². The number of rotatable bonds is 5. The number of thiazole rings is 1. The first-order valence-corrected chi connectivity index (χ1v) is 8.09. The lowest BCUT2D eigenvalue weighted by molar-refractivity contribution is 0.567. The van der Waals surface area contributed by atoms with Gasteiger partial charge in [-0.25, -0.2) is 4.98 Å². The fourth-order valence-electron chi connectivity index (χ4n) is 1.99. The fraction of sp³-hybridized carbons (Fsp3) is 0.600. The second-order valence-electron chi connectivity index (χ2n) is 6.54. The standard InChI is InChI=1S/C15H22N4S/c1-15(2,3)13-10-20-14(17-13)9-19-7-6-12(18-19)8-16-11-4-5-11/h6-7,10-11,16H,4-5,8-9H2,1-3H3. The Kier molecular flexibility index (Phi) is 3.65. The topological polar surface area (TPSA) is 42.7 Å². The monoisotopic (exact) mass is 290 g/mol. The summed E-state index contributed by atoms with van der Waals surface area (Å²) in [6.07, 6.45) is 4.67. The minimum Gasteiger partial charge on any atom is -0.308 e. The van der Waals surface area contributed by atoms with Gasteiger partial charge in [0, 0.05) is 29.6 Å². The molecule has 0 aliphatic heterocycles. The maximum Gasteiger partial charge on any atom is 0.114 e. The Labute approximate surface area is 124 Å². The van der Waals surface area contributed by atoms with E-state index in [1.807, 2.05) is 10.9 Å². The van der Waals surface area contributed by atoms with Crippen molar-refractivity contribution in [2.24, 2.45) is 0 Å². The third-order valence-electron chi connectivity index (χ3n) is 3.46. The van der Waals surface area contributed by atoms with Crippen molar-refractivity contribution in [3.05, 3.63) is 34.0 Å². The Morgan fingerprint density at radius 2 is 2.20 bits per heavy atom. The molecule has 3 rings (SSSR count). The molecule has 0 bridgehead atoms. The molecule has 4 nitrogen and oxygen atoms in total. The number of hydrogen-bond donors (Lipinski definition) is 1. The highest BCUT2D eigenvalue weighted by molar-refractivity contribution is 7.09. The quantitative estimate of drug-likeness (QED) is 0.920. The highest BCUT2D eigenvalue weighted by atomic mass is 32.1. The molecule has 0 saturated heterocycles. The van der Waals surface area contributed by atoms with Crippen LogP contribution in [0.3, 0.4) is 0 Å². The summed E-state index contributed by atoms with van der Waals surface area (Å²) >= 11 is 1.72. The molecule has 0 aromatic carbocycles. The first-order valence-electron chi connectivity index (χ1n) is 7.21. The normalized spacial score (nSPS) is 15.8.